The van der Waals surface area contributed by atoms with Crippen LogP contribution in [0.3, 0.4) is 0 Å². The Kier molecular flexibility index (Phi) is 4.65. The lowest BCUT2D eigenvalue weighted by Gasteiger charge is -2.15. The molecule has 0 saturated heterocycles. The molecule has 0 unspecified atom stereocenters. The van der Waals surface area contributed by atoms with Crippen LogP contribution in [0.2, 0.25) is 0 Å². The predicted molar refractivity (Wildman–Crippen MR) is 94.5 cm³/mol. The first-order valence-corrected chi connectivity index (χ1v) is 8.33. The molecule has 1 heterocycles. The zero-order valence-corrected chi connectivity index (χ0v) is 14.5. The summed E-state index contributed by atoms with van der Waals surface area (Å²) in [5, 5.41) is 0.997. The third-order valence-electron chi connectivity index (χ3n) is 3.58. The molecule has 0 aliphatic rings. The van der Waals surface area contributed by atoms with Crippen molar-refractivity contribution < 1.29 is 4.74 Å². The molecular weight excluding hydrogens is 362 g/mol. The second-order valence-corrected chi connectivity index (χ2v) is 6.26. The SMILES string of the molecule is Cc1c(CCl)nc2ccc(Br)cc2c1OCc1ccccc1. The minimum atomic E-state index is 0.375. The van der Waals surface area contributed by atoms with Crippen LogP contribution in [0.1, 0.15) is 16.8 Å². The Bertz CT molecular complexity index is 805. The lowest BCUT2D eigenvalue weighted by Crippen LogP contribution is -2.02. The van der Waals surface area contributed by atoms with E-state index in [1.165, 1.54) is 0 Å². The number of aromatic nitrogens is 1. The third-order valence-corrected chi connectivity index (χ3v) is 4.33. The highest BCUT2D eigenvalue weighted by atomic mass is 79.9. The molecular formula is C18H15BrClNO. The third kappa shape index (κ3) is 3.11. The normalized spacial score (nSPS) is 10.9. The minimum absolute atomic E-state index is 0.375. The summed E-state index contributed by atoms with van der Waals surface area (Å²) in [6.45, 7) is 2.53. The van der Waals surface area contributed by atoms with Gasteiger partial charge < -0.3 is 4.74 Å². The van der Waals surface area contributed by atoms with E-state index in [2.05, 4.69) is 33.0 Å². The first-order valence-electron chi connectivity index (χ1n) is 7.00. The number of hydrogen-bond acceptors (Lipinski definition) is 2. The van der Waals surface area contributed by atoms with Crippen molar-refractivity contribution in [2.75, 3.05) is 0 Å². The van der Waals surface area contributed by atoms with Crippen molar-refractivity contribution in [1.82, 2.24) is 4.98 Å². The van der Waals surface area contributed by atoms with Crippen molar-refractivity contribution in [3.05, 3.63) is 69.8 Å². The summed E-state index contributed by atoms with van der Waals surface area (Å²) in [4.78, 5) is 4.62. The molecule has 2 aromatic carbocycles. The van der Waals surface area contributed by atoms with Gasteiger partial charge in [0.2, 0.25) is 0 Å². The van der Waals surface area contributed by atoms with E-state index >= 15 is 0 Å². The maximum Gasteiger partial charge on any atom is 0.134 e. The molecule has 0 radical (unpaired) electrons. The summed E-state index contributed by atoms with van der Waals surface area (Å²) < 4.78 is 7.12. The summed E-state index contributed by atoms with van der Waals surface area (Å²) in [6, 6.07) is 16.1. The smallest absolute Gasteiger partial charge is 0.134 e. The van der Waals surface area contributed by atoms with Gasteiger partial charge in [-0.15, -0.1) is 11.6 Å². The van der Waals surface area contributed by atoms with Crippen molar-refractivity contribution in [1.29, 1.82) is 0 Å². The largest absolute Gasteiger partial charge is 0.488 e. The van der Waals surface area contributed by atoms with Crippen molar-refractivity contribution in [2.45, 2.75) is 19.4 Å². The molecule has 0 spiro atoms. The van der Waals surface area contributed by atoms with E-state index in [1.54, 1.807) is 0 Å². The molecule has 1 aromatic heterocycles. The molecule has 3 rings (SSSR count). The molecule has 0 saturated carbocycles. The molecule has 0 atom stereocenters. The average molecular weight is 377 g/mol. The molecule has 4 heteroatoms. The topological polar surface area (TPSA) is 22.1 Å². The number of rotatable bonds is 4. The van der Waals surface area contributed by atoms with Gasteiger partial charge >= 0.3 is 0 Å². The van der Waals surface area contributed by atoms with E-state index in [0.717, 1.165) is 37.9 Å². The molecule has 0 N–H and O–H groups in total. The Morgan fingerprint density at radius 1 is 1.14 bits per heavy atom. The fourth-order valence-corrected chi connectivity index (χ4v) is 3.02. The zero-order valence-electron chi connectivity index (χ0n) is 12.1. The molecule has 0 bridgehead atoms. The van der Waals surface area contributed by atoms with Crippen LogP contribution in [-0.2, 0) is 12.5 Å². The van der Waals surface area contributed by atoms with E-state index in [1.807, 2.05) is 43.3 Å². The number of benzene rings is 2. The highest BCUT2D eigenvalue weighted by Gasteiger charge is 2.13. The van der Waals surface area contributed by atoms with Crippen LogP contribution < -0.4 is 4.74 Å². The Labute approximate surface area is 143 Å². The number of halogens is 2. The van der Waals surface area contributed by atoms with Gasteiger partial charge in [-0.25, -0.2) is 0 Å². The molecule has 0 aliphatic carbocycles. The molecule has 0 fully saturated rings. The first-order chi connectivity index (χ1) is 10.7. The predicted octanol–water partition coefficient (Wildman–Crippen LogP) is 5.62. The molecule has 3 aromatic rings. The molecule has 2 nitrogen and oxygen atoms in total. The Morgan fingerprint density at radius 3 is 2.64 bits per heavy atom. The zero-order chi connectivity index (χ0) is 15.5. The Hall–Kier alpha value is -1.58. The van der Waals surface area contributed by atoms with Gasteiger partial charge in [0.05, 0.1) is 17.1 Å². The van der Waals surface area contributed by atoms with Gasteiger partial charge in [0.1, 0.15) is 12.4 Å². The lowest BCUT2D eigenvalue weighted by molar-refractivity contribution is 0.307. The van der Waals surface area contributed by atoms with Gasteiger partial charge in [0, 0.05) is 15.4 Å². The Morgan fingerprint density at radius 2 is 1.91 bits per heavy atom. The monoisotopic (exact) mass is 375 g/mol. The first kappa shape index (κ1) is 15.3. The van der Waals surface area contributed by atoms with Crippen LogP contribution in [0, 0.1) is 6.92 Å². The number of pyridine rings is 1. The van der Waals surface area contributed by atoms with Crippen LogP contribution in [-0.4, -0.2) is 4.98 Å². The van der Waals surface area contributed by atoms with Crippen molar-refractivity contribution in [2.24, 2.45) is 0 Å². The second-order valence-electron chi connectivity index (χ2n) is 5.08. The van der Waals surface area contributed by atoms with E-state index in [9.17, 15) is 0 Å². The number of nitrogens with zero attached hydrogens (tertiary/aromatic N) is 1. The standard InChI is InChI=1S/C18H15BrClNO/c1-12-17(10-20)21-16-8-7-14(19)9-15(16)18(12)22-11-13-5-3-2-4-6-13/h2-9H,10-11H2,1H3. The van der Waals surface area contributed by atoms with Gasteiger partial charge in [-0.2, -0.15) is 0 Å². The average Bonchev–Trinajstić information content (AvgIpc) is 2.54. The van der Waals surface area contributed by atoms with Crippen LogP contribution in [0.5, 0.6) is 5.75 Å². The van der Waals surface area contributed by atoms with Crippen LogP contribution in [0.4, 0.5) is 0 Å². The maximum atomic E-state index is 6.11. The summed E-state index contributed by atoms with van der Waals surface area (Å²) in [7, 11) is 0. The van der Waals surface area contributed by atoms with E-state index in [4.69, 9.17) is 16.3 Å². The van der Waals surface area contributed by atoms with Crippen LogP contribution in [0.15, 0.2) is 53.0 Å². The van der Waals surface area contributed by atoms with Crippen molar-refractivity contribution in [3.63, 3.8) is 0 Å². The summed E-state index contributed by atoms with van der Waals surface area (Å²) >= 11 is 9.54. The van der Waals surface area contributed by atoms with E-state index in [-0.39, 0.29) is 0 Å². The molecule has 112 valence electrons. The minimum Gasteiger partial charge on any atom is -0.488 e. The maximum absolute atomic E-state index is 6.11. The highest BCUT2D eigenvalue weighted by molar-refractivity contribution is 9.10. The summed E-state index contributed by atoms with van der Waals surface area (Å²) in [6.07, 6.45) is 0. The van der Waals surface area contributed by atoms with Crippen LogP contribution >= 0.6 is 27.5 Å². The molecule has 22 heavy (non-hydrogen) atoms. The number of alkyl halides is 1. The fourth-order valence-electron chi connectivity index (χ4n) is 2.40. The fraction of sp³-hybridized carbons (Fsp3) is 0.167. The van der Waals surface area contributed by atoms with Gasteiger partial charge in [0.25, 0.3) is 0 Å². The van der Waals surface area contributed by atoms with Gasteiger partial charge in [-0.3, -0.25) is 4.98 Å². The highest BCUT2D eigenvalue weighted by Crippen LogP contribution is 2.33. The van der Waals surface area contributed by atoms with Gasteiger partial charge in [-0.05, 0) is 30.7 Å². The number of fused-ring (bicyclic) bond motifs is 1. The molecule has 0 aliphatic heterocycles. The van der Waals surface area contributed by atoms with Crippen molar-refractivity contribution >= 4 is 38.4 Å². The van der Waals surface area contributed by atoms with Gasteiger partial charge in [0.15, 0.2) is 0 Å². The van der Waals surface area contributed by atoms with Gasteiger partial charge in [-0.1, -0.05) is 46.3 Å². The molecule has 0 amide bonds. The van der Waals surface area contributed by atoms with E-state index in [0.29, 0.717) is 12.5 Å². The summed E-state index contributed by atoms with van der Waals surface area (Å²) in [5.41, 5.74) is 3.89. The lowest BCUT2D eigenvalue weighted by atomic mass is 10.1. The quantitative estimate of drug-likeness (QED) is 0.551. The number of hydrogen-bond donors (Lipinski definition) is 0. The second kappa shape index (κ2) is 6.67. The number of ether oxygens (including phenoxy) is 1. The Balaban J connectivity index is 2.05. The van der Waals surface area contributed by atoms with E-state index < -0.39 is 0 Å². The van der Waals surface area contributed by atoms with Crippen LogP contribution in [0.25, 0.3) is 10.9 Å². The van der Waals surface area contributed by atoms with Crippen molar-refractivity contribution in [3.8, 4) is 5.75 Å². The summed E-state index contributed by atoms with van der Waals surface area (Å²) in [5.74, 6) is 1.23.